The quantitative estimate of drug-likeness (QED) is 0.420. The van der Waals surface area contributed by atoms with E-state index < -0.39 is 0 Å². The minimum Gasteiger partial charge on any atom is -0.355 e. The van der Waals surface area contributed by atoms with Crippen LogP contribution in [0.5, 0.6) is 0 Å². The van der Waals surface area contributed by atoms with Crippen LogP contribution in [0.25, 0.3) is 0 Å². The van der Waals surface area contributed by atoms with Gasteiger partial charge in [0.25, 0.3) is 0 Å². The van der Waals surface area contributed by atoms with Crippen LogP contribution in [0, 0.1) is 0 Å². The second-order valence-electron chi connectivity index (χ2n) is 4.09. The van der Waals surface area contributed by atoms with E-state index in [0.717, 1.165) is 19.3 Å². The monoisotopic (exact) mass is 226 g/mol. The van der Waals surface area contributed by atoms with Crippen LogP contribution in [-0.2, 0) is 4.79 Å². The summed E-state index contributed by atoms with van der Waals surface area (Å²) < 4.78 is 0. The van der Waals surface area contributed by atoms with Crippen molar-refractivity contribution in [3.63, 3.8) is 0 Å². The molecule has 0 radical (unpaired) electrons. The third-order valence-electron chi connectivity index (χ3n) is 2.53. The first kappa shape index (κ1) is 15.2. The Morgan fingerprint density at radius 1 is 1.12 bits per heavy atom. The molecule has 3 heteroatoms. The van der Waals surface area contributed by atoms with E-state index in [1.807, 2.05) is 6.08 Å². The van der Waals surface area contributed by atoms with Gasteiger partial charge in [0.05, 0.1) is 0 Å². The highest BCUT2D eigenvalue weighted by Gasteiger charge is 1.99. The van der Waals surface area contributed by atoms with Crippen LogP contribution in [-0.4, -0.2) is 19.0 Å². The molecule has 0 aromatic carbocycles. The van der Waals surface area contributed by atoms with Gasteiger partial charge in [0.2, 0.25) is 5.91 Å². The van der Waals surface area contributed by atoms with Gasteiger partial charge >= 0.3 is 0 Å². The highest BCUT2D eigenvalue weighted by atomic mass is 16.1. The molecule has 1 amide bonds. The molecule has 0 spiro atoms. The van der Waals surface area contributed by atoms with Crippen molar-refractivity contribution in [1.82, 2.24) is 5.32 Å². The third-order valence-corrected chi connectivity index (χ3v) is 2.53. The van der Waals surface area contributed by atoms with Crippen LogP contribution in [0.1, 0.15) is 51.4 Å². The highest BCUT2D eigenvalue weighted by Crippen LogP contribution is 2.08. The van der Waals surface area contributed by atoms with E-state index in [4.69, 9.17) is 5.73 Å². The summed E-state index contributed by atoms with van der Waals surface area (Å²) in [7, 11) is 0. The molecule has 3 N–H and O–H groups in total. The average molecular weight is 226 g/mol. The summed E-state index contributed by atoms with van der Waals surface area (Å²) in [5, 5.41) is 2.78. The average Bonchev–Trinajstić information content (AvgIpc) is 2.30. The van der Waals surface area contributed by atoms with Crippen LogP contribution in [0.15, 0.2) is 12.7 Å². The molecule has 0 bridgehead atoms. The molecular formula is C13H26N2O. The predicted molar refractivity (Wildman–Crippen MR) is 69.2 cm³/mol. The molecule has 0 heterocycles. The number of nitrogens with one attached hydrogen (secondary N) is 1. The van der Waals surface area contributed by atoms with Gasteiger partial charge < -0.3 is 11.1 Å². The van der Waals surface area contributed by atoms with Crippen molar-refractivity contribution >= 4 is 5.91 Å². The summed E-state index contributed by atoms with van der Waals surface area (Å²) in [6.45, 7) is 4.82. The van der Waals surface area contributed by atoms with E-state index in [9.17, 15) is 4.79 Å². The minimum atomic E-state index is 0.136. The Kier molecular flexibility index (Phi) is 11.6. The second kappa shape index (κ2) is 12.2. The van der Waals surface area contributed by atoms with Gasteiger partial charge in [-0.05, 0) is 19.3 Å². The summed E-state index contributed by atoms with van der Waals surface area (Å²) in [4.78, 5) is 11.2. The number of carbonyl (C=O) groups excluding carboxylic acids is 1. The topological polar surface area (TPSA) is 55.1 Å². The molecule has 0 aromatic rings. The Bertz CT molecular complexity index is 181. The zero-order valence-electron chi connectivity index (χ0n) is 10.3. The second-order valence-corrected chi connectivity index (χ2v) is 4.09. The van der Waals surface area contributed by atoms with Gasteiger partial charge in [-0.2, -0.15) is 0 Å². The fourth-order valence-electron chi connectivity index (χ4n) is 1.58. The van der Waals surface area contributed by atoms with E-state index >= 15 is 0 Å². The lowest BCUT2D eigenvalue weighted by molar-refractivity contribution is -0.121. The fraction of sp³-hybridized carbons (Fsp3) is 0.769. The molecule has 0 unspecified atom stereocenters. The molecule has 0 atom stereocenters. The molecule has 0 rings (SSSR count). The third kappa shape index (κ3) is 11.2. The van der Waals surface area contributed by atoms with Crippen LogP contribution < -0.4 is 11.1 Å². The Morgan fingerprint density at radius 3 is 2.38 bits per heavy atom. The summed E-state index contributed by atoms with van der Waals surface area (Å²) >= 11 is 0. The number of carbonyl (C=O) groups is 1. The molecule has 94 valence electrons. The van der Waals surface area contributed by atoms with Crippen molar-refractivity contribution in [1.29, 1.82) is 0 Å². The van der Waals surface area contributed by atoms with Gasteiger partial charge in [0.1, 0.15) is 0 Å². The van der Waals surface area contributed by atoms with E-state index in [-0.39, 0.29) is 5.91 Å². The first-order valence-corrected chi connectivity index (χ1v) is 6.39. The van der Waals surface area contributed by atoms with Crippen molar-refractivity contribution in [3.8, 4) is 0 Å². The summed E-state index contributed by atoms with van der Waals surface area (Å²) in [6, 6.07) is 0. The van der Waals surface area contributed by atoms with E-state index in [0.29, 0.717) is 19.5 Å². The van der Waals surface area contributed by atoms with E-state index in [1.54, 1.807) is 0 Å². The fourth-order valence-corrected chi connectivity index (χ4v) is 1.58. The summed E-state index contributed by atoms with van der Waals surface area (Å²) in [5.41, 5.74) is 5.29. The van der Waals surface area contributed by atoms with Crippen LogP contribution in [0.4, 0.5) is 0 Å². The molecule has 0 aliphatic carbocycles. The Hall–Kier alpha value is -0.830. The van der Waals surface area contributed by atoms with Gasteiger partial charge in [-0.25, -0.2) is 0 Å². The smallest absolute Gasteiger partial charge is 0.220 e. The van der Waals surface area contributed by atoms with Gasteiger partial charge in [-0.15, -0.1) is 6.58 Å². The molecule has 0 fully saturated rings. The summed E-state index contributed by atoms with van der Waals surface area (Å²) in [5.74, 6) is 0.136. The number of nitrogens with two attached hydrogens (primary N) is 1. The van der Waals surface area contributed by atoms with Crippen molar-refractivity contribution in [2.24, 2.45) is 5.73 Å². The minimum absolute atomic E-state index is 0.136. The maximum atomic E-state index is 11.2. The molecule has 0 aliphatic heterocycles. The Balaban J connectivity index is 3.08. The molecule has 0 saturated carbocycles. The Morgan fingerprint density at radius 2 is 1.75 bits per heavy atom. The SMILES string of the molecule is C=CCCCCCCCCC(=O)NCCN. The standard InChI is InChI=1S/C13H26N2O/c1-2-3-4-5-6-7-8-9-10-13(16)15-12-11-14/h2H,1,3-12,14H2,(H,15,16). The Labute approximate surface area is 99.5 Å². The maximum Gasteiger partial charge on any atom is 0.220 e. The van der Waals surface area contributed by atoms with Crippen molar-refractivity contribution in [2.45, 2.75) is 51.4 Å². The van der Waals surface area contributed by atoms with Gasteiger partial charge in [0, 0.05) is 19.5 Å². The number of allylic oxidation sites excluding steroid dienone is 1. The van der Waals surface area contributed by atoms with E-state index in [1.165, 1.54) is 25.7 Å². The lowest BCUT2D eigenvalue weighted by Crippen LogP contribution is -2.28. The van der Waals surface area contributed by atoms with Crippen molar-refractivity contribution in [2.75, 3.05) is 13.1 Å². The first-order valence-electron chi connectivity index (χ1n) is 6.39. The number of hydrogen-bond acceptors (Lipinski definition) is 2. The van der Waals surface area contributed by atoms with Crippen LogP contribution in [0.2, 0.25) is 0 Å². The predicted octanol–water partition coefficient (Wildman–Crippen LogP) is 2.37. The maximum absolute atomic E-state index is 11.2. The number of rotatable bonds is 11. The molecule has 16 heavy (non-hydrogen) atoms. The lowest BCUT2D eigenvalue weighted by Gasteiger charge is -2.03. The van der Waals surface area contributed by atoms with Gasteiger partial charge in [-0.1, -0.05) is 31.8 Å². The van der Waals surface area contributed by atoms with Crippen LogP contribution >= 0.6 is 0 Å². The van der Waals surface area contributed by atoms with Crippen LogP contribution in [0.3, 0.4) is 0 Å². The normalized spacial score (nSPS) is 10.1. The number of unbranched alkanes of at least 4 members (excludes halogenated alkanes) is 6. The van der Waals surface area contributed by atoms with Crippen molar-refractivity contribution < 1.29 is 4.79 Å². The van der Waals surface area contributed by atoms with Crippen molar-refractivity contribution in [3.05, 3.63) is 12.7 Å². The van der Waals surface area contributed by atoms with Gasteiger partial charge in [0.15, 0.2) is 0 Å². The van der Waals surface area contributed by atoms with Gasteiger partial charge in [-0.3, -0.25) is 4.79 Å². The number of hydrogen-bond donors (Lipinski definition) is 2. The first-order chi connectivity index (χ1) is 7.81. The largest absolute Gasteiger partial charge is 0.355 e. The molecular weight excluding hydrogens is 200 g/mol. The summed E-state index contributed by atoms with van der Waals surface area (Å²) in [6.07, 6.45) is 10.9. The van der Waals surface area contributed by atoms with E-state index in [2.05, 4.69) is 11.9 Å². The number of amides is 1. The highest BCUT2D eigenvalue weighted by molar-refractivity contribution is 5.75. The molecule has 0 aliphatic rings. The molecule has 3 nitrogen and oxygen atoms in total. The zero-order chi connectivity index (χ0) is 12.1. The molecule has 0 aromatic heterocycles. The lowest BCUT2D eigenvalue weighted by atomic mass is 10.1. The molecule has 0 saturated heterocycles. The zero-order valence-corrected chi connectivity index (χ0v) is 10.3.